The molecule has 0 heterocycles. The number of benzene rings is 2. The van der Waals surface area contributed by atoms with E-state index in [0.29, 0.717) is 13.2 Å². The number of rotatable bonds is 5. The molecule has 2 nitrogen and oxygen atoms in total. The molecule has 0 saturated heterocycles. The first-order chi connectivity index (χ1) is 8.77. The van der Waals surface area contributed by atoms with Gasteiger partial charge >= 0.3 is 0 Å². The molecule has 0 bridgehead atoms. The van der Waals surface area contributed by atoms with Crippen molar-refractivity contribution in [2.75, 3.05) is 13.2 Å². The van der Waals surface area contributed by atoms with Gasteiger partial charge in [-0.25, -0.2) is 0 Å². The van der Waals surface area contributed by atoms with Crippen LogP contribution in [0.2, 0.25) is 0 Å². The second kappa shape index (κ2) is 6.63. The lowest BCUT2D eigenvalue weighted by Crippen LogP contribution is -2.08. The first kappa shape index (κ1) is 14.0. The second-order valence-corrected chi connectivity index (χ2v) is 6.07. The fraction of sp³-hybridized carbons (Fsp3) is 0.286. The van der Waals surface area contributed by atoms with E-state index in [1.165, 1.54) is 10.8 Å². The standard InChI is InChI=1S/C14H16BrO2P/c1-3-16-18(17-4-2)13-10-6-8-11-7-5-9-12(15)14(11)13/h5-10H,3-4H2,1-2H3. The molecule has 2 aromatic rings. The molecule has 0 amide bonds. The number of halogens is 1. The van der Waals surface area contributed by atoms with Gasteiger partial charge in [-0.3, -0.25) is 0 Å². The van der Waals surface area contributed by atoms with Gasteiger partial charge in [-0.2, -0.15) is 0 Å². The molecule has 0 aliphatic rings. The van der Waals surface area contributed by atoms with E-state index >= 15 is 0 Å². The van der Waals surface area contributed by atoms with Crippen molar-refractivity contribution < 1.29 is 9.05 Å². The van der Waals surface area contributed by atoms with Crippen LogP contribution < -0.4 is 5.30 Å². The highest BCUT2D eigenvalue weighted by Gasteiger charge is 2.17. The smallest absolute Gasteiger partial charge is 0.205 e. The van der Waals surface area contributed by atoms with Crippen LogP contribution in [0.1, 0.15) is 13.8 Å². The molecule has 96 valence electrons. The van der Waals surface area contributed by atoms with Crippen molar-refractivity contribution in [1.29, 1.82) is 0 Å². The summed E-state index contributed by atoms with van der Waals surface area (Å²) in [7, 11) is -1.00. The van der Waals surface area contributed by atoms with Gasteiger partial charge in [-0.15, -0.1) is 0 Å². The molecule has 0 fully saturated rings. The Morgan fingerprint density at radius 2 is 1.61 bits per heavy atom. The van der Waals surface area contributed by atoms with Crippen LogP contribution in [0.15, 0.2) is 40.9 Å². The molecule has 0 aromatic heterocycles. The van der Waals surface area contributed by atoms with Gasteiger partial charge in [0.05, 0.1) is 13.2 Å². The third-order valence-electron chi connectivity index (χ3n) is 2.52. The van der Waals surface area contributed by atoms with Gasteiger partial charge in [0.25, 0.3) is 0 Å². The minimum absolute atomic E-state index is 0.659. The summed E-state index contributed by atoms with van der Waals surface area (Å²) in [5.74, 6) is 0. The molecule has 2 rings (SSSR count). The topological polar surface area (TPSA) is 18.5 Å². The van der Waals surface area contributed by atoms with Crippen molar-refractivity contribution in [3.05, 3.63) is 40.9 Å². The Labute approximate surface area is 117 Å². The lowest BCUT2D eigenvalue weighted by Gasteiger charge is -2.18. The third-order valence-corrected chi connectivity index (χ3v) is 4.93. The van der Waals surface area contributed by atoms with E-state index < -0.39 is 8.38 Å². The maximum atomic E-state index is 5.75. The van der Waals surface area contributed by atoms with Gasteiger partial charge in [0.2, 0.25) is 8.38 Å². The SMILES string of the molecule is CCOP(OCC)c1cccc2cccc(Br)c12. The molecule has 0 N–H and O–H groups in total. The Morgan fingerprint density at radius 1 is 1.00 bits per heavy atom. The van der Waals surface area contributed by atoms with Crippen molar-refractivity contribution in [1.82, 2.24) is 0 Å². The summed E-state index contributed by atoms with van der Waals surface area (Å²) in [6.07, 6.45) is 0. The Bertz CT molecular complexity index is 519. The van der Waals surface area contributed by atoms with Gasteiger partial charge in [-0.05, 0) is 31.4 Å². The molecule has 18 heavy (non-hydrogen) atoms. The van der Waals surface area contributed by atoms with Crippen LogP contribution in [-0.2, 0) is 9.05 Å². The van der Waals surface area contributed by atoms with Crippen LogP contribution in [0.3, 0.4) is 0 Å². The summed E-state index contributed by atoms with van der Waals surface area (Å²) in [5, 5.41) is 3.53. The highest BCUT2D eigenvalue weighted by Crippen LogP contribution is 2.40. The summed E-state index contributed by atoms with van der Waals surface area (Å²) in [6, 6.07) is 12.4. The predicted molar refractivity (Wildman–Crippen MR) is 81.5 cm³/mol. The molecule has 0 unspecified atom stereocenters. The number of fused-ring (bicyclic) bond motifs is 1. The summed E-state index contributed by atoms with van der Waals surface area (Å²) < 4.78 is 12.6. The molecule has 0 saturated carbocycles. The monoisotopic (exact) mass is 326 g/mol. The maximum Gasteiger partial charge on any atom is 0.205 e. The zero-order valence-electron chi connectivity index (χ0n) is 10.5. The molecule has 0 aliphatic heterocycles. The fourth-order valence-electron chi connectivity index (χ4n) is 1.84. The van der Waals surface area contributed by atoms with Crippen LogP contribution in [0, 0.1) is 0 Å². The van der Waals surface area contributed by atoms with E-state index in [4.69, 9.17) is 9.05 Å². The molecule has 0 radical (unpaired) electrons. The van der Waals surface area contributed by atoms with Crippen LogP contribution >= 0.6 is 24.3 Å². The Balaban J connectivity index is 2.54. The van der Waals surface area contributed by atoms with Crippen molar-refractivity contribution in [2.24, 2.45) is 0 Å². The predicted octanol–water partition coefficient (Wildman–Crippen LogP) is 4.61. The molecule has 0 aliphatic carbocycles. The van der Waals surface area contributed by atoms with Gasteiger partial charge < -0.3 is 9.05 Å². The molecular formula is C14H16BrO2P. The van der Waals surface area contributed by atoms with Crippen LogP contribution in [-0.4, -0.2) is 13.2 Å². The Hall–Kier alpha value is -0.470. The van der Waals surface area contributed by atoms with Crippen molar-refractivity contribution in [3.63, 3.8) is 0 Å². The van der Waals surface area contributed by atoms with Crippen LogP contribution in [0.25, 0.3) is 10.8 Å². The average Bonchev–Trinajstić information content (AvgIpc) is 2.38. The largest absolute Gasteiger partial charge is 0.331 e. The van der Waals surface area contributed by atoms with Gasteiger partial charge in [0, 0.05) is 15.2 Å². The maximum absolute atomic E-state index is 5.75. The Kier molecular flexibility index (Phi) is 5.13. The van der Waals surface area contributed by atoms with Crippen LogP contribution in [0.5, 0.6) is 0 Å². The van der Waals surface area contributed by atoms with Crippen molar-refractivity contribution >= 4 is 40.4 Å². The van der Waals surface area contributed by atoms with E-state index in [9.17, 15) is 0 Å². The fourth-order valence-corrected chi connectivity index (χ4v) is 4.05. The molecule has 2 aromatic carbocycles. The van der Waals surface area contributed by atoms with E-state index in [2.05, 4.69) is 46.3 Å². The summed E-state index contributed by atoms with van der Waals surface area (Å²) in [6.45, 7) is 5.31. The third kappa shape index (κ3) is 2.92. The molecule has 4 heteroatoms. The lowest BCUT2D eigenvalue weighted by molar-refractivity contribution is 0.277. The minimum Gasteiger partial charge on any atom is -0.331 e. The molecule has 0 atom stereocenters. The normalized spacial score (nSPS) is 11.3. The average molecular weight is 327 g/mol. The highest BCUT2D eigenvalue weighted by atomic mass is 79.9. The van der Waals surface area contributed by atoms with E-state index in [1.54, 1.807) is 0 Å². The van der Waals surface area contributed by atoms with E-state index in [-0.39, 0.29) is 0 Å². The summed E-state index contributed by atoms with van der Waals surface area (Å²) in [5.41, 5.74) is 0. The van der Waals surface area contributed by atoms with Crippen molar-refractivity contribution in [2.45, 2.75) is 13.8 Å². The van der Waals surface area contributed by atoms with Crippen LogP contribution in [0.4, 0.5) is 0 Å². The Morgan fingerprint density at radius 3 is 2.22 bits per heavy atom. The molecular weight excluding hydrogens is 311 g/mol. The first-order valence-corrected chi connectivity index (χ1v) is 7.98. The zero-order valence-corrected chi connectivity index (χ0v) is 13.0. The molecule has 0 spiro atoms. The van der Waals surface area contributed by atoms with Gasteiger partial charge in [-0.1, -0.05) is 40.2 Å². The number of hydrogen-bond donors (Lipinski definition) is 0. The van der Waals surface area contributed by atoms with E-state index in [0.717, 1.165) is 9.78 Å². The van der Waals surface area contributed by atoms with Crippen molar-refractivity contribution in [3.8, 4) is 0 Å². The zero-order chi connectivity index (χ0) is 13.0. The first-order valence-electron chi connectivity index (χ1n) is 6.01. The highest BCUT2D eigenvalue weighted by molar-refractivity contribution is 9.10. The number of hydrogen-bond acceptors (Lipinski definition) is 2. The van der Waals surface area contributed by atoms with Gasteiger partial charge in [0.1, 0.15) is 0 Å². The quantitative estimate of drug-likeness (QED) is 0.747. The summed E-state index contributed by atoms with van der Waals surface area (Å²) >= 11 is 3.62. The second-order valence-electron chi connectivity index (χ2n) is 3.71. The van der Waals surface area contributed by atoms with Gasteiger partial charge in [0.15, 0.2) is 0 Å². The lowest BCUT2D eigenvalue weighted by atomic mass is 10.1. The van der Waals surface area contributed by atoms with E-state index in [1.807, 2.05) is 19.9 Å². The summed E-state index contributed by atoms with van der Waals surface area (Å²) in [4.78, 5) is 0. The minimum atomic E-state index is -1.00.